The molecule has 0 saturated carbocycles. The molecule has 0 aliphatic carbocycles. The van der Waals surface area contributed by atoms with Crippen LogP contribution < -0.4 is 5.56 Å². The van der Waals surface area contributed by atoms with Crippen molar-refractivity contribution in [2.24, 2.45) is 5.41 Å². The summed E-state index contributed by atoms with van der Waals surface area (Å²) in [7, 11) is -3.66. The van der Waals surface area contributed by atoms with E-state index in [1.807, 2.05) is 0 Å². The topological polar surface area (TPSA) is 106 Å². The van der Waals surface area contributed by atoms with Gasteiger partial charge in [0.05, 0.1) is 10.6 Å². The summed E-state index contributed by atoms with van der Waals surface area (Å²) in [6.45, 7) is 8.46. The van der Waals surface area contributed by atoms with Crippen LogP contribution in [-0.4, -0.2) is 35.5 Å². The highest BCUT2D eigenvalue weighted by molar-refractivity contribution is 7.91. The van der Waals surface area contributed by atoms with Crippen molar-refractivity contribution in [3.8, 4) is 0 Å². The van der Waals surface area contributed by atoms with Gasteiger partial charge in [-0.25, -0.2) is 8.42 Å². The first kappa shape index (κ1) is 19.3. The molecule has 0 fully saturated rings. The van der Waals surface area contributed by atoms with Crippen LogP contribution in [0.3, 0.4) is 0 Å². The second-order valence-corrected chi connectivity index (χ2v) is 9.53. The van der Waals surface area contributed by atoms with E-state index in [0.29, 0.717) is 17.7 Å². The summed E-state index contributed by atoms with van der Waals surface area (Å²) < 4.78 is 26.8. The Balaban J connectivity index is 2.30. The number of nitrogens with zero attached hydrogens (tertiary/aromatic N) is 1. The number of carbonyl (C=O) groups excluding carboxylic acids is 2. The van der Waals surface area contributed by atoms with Gasteiger partial charge in [0.1, 0.15) is 5.56 Å². The number of Topliss-reactive ketones (excluding diaryl/α,β-unsaturated/α-hetero) is 1. The summed E-state index contributed by atoms with van der Waals surface area (Å²) in [4.78, 5) is 38.3. The lowest BCUT2D eigenvalue weighted by atomic mass is 9.81. The standard InChI is InChI=1S/C19H22N2O5S/c1-6-21-18(24)13(8-20-21)15(22)12-7-10(2)16-14(11(12)3)17(23)19(4,5)9-27(16,25)26/h7-8,20H,6,9H2,1-5H3. The third-order valence-electron chi connectivity index (χ3n) is 5.07. The van der Waals surface area contributed by atoms with Crippen molar-refractivity contribution in [3.05, 3.63) is 50.4 Å². The molecule has 0 spiro atoms. The van der Waals surface area contributed by atoms with Gasteiger partial charge in [0, 0.05) is 29.3 Å². The van der Waals surface area contributed by atoms with Gasteiger partial charge >= 0.3 is 0 Å². The predicted octanol–water partition coefficient (Wildman–Crippen LogP) is 2.04. The zero-order valence-electron chi connectivity index (χ0n) is 16.0. The SMILES string of the molecule is CCn1[nH]cc(C(=O)c2cc(C)c3c(c2C)C(=O)C(C)(C)CS3(=O)=O)c1=O. The molecular formula is C19H22N2O5S. The minimum atomic E-state index is -3.66. The van der Waals surface area contributed by atoms with Crippen molar-refractivity contribution in [1.82, 2.24) is 9.78 Å². The van der Waals surface area contributed by atoms with Crippen molar-refractivity contribution in [2.75, 3.05) is 5.75 Å². The molecule has 27 heavy (non-hydrogen) atoms. The molecule has 2 heterocycles. The van der Waals surface area contributed by atoms with Crippen molar-refractivity contribution in [3.63, 3.8) is 0 Å². The Bertz CT molecular complexity index is 1150. The Morgan fingerprint density at radius 3 is 2.41 bits per heavy atom. The minimum Gasteiger partial charge on any atom is -0.302 e. The molecule has 2 aromatic rings. The fourth-order valence-corrected chi connectivity index (χ4v) is 6.04. The second kappa shape index (κ2) is 6.02. The van der Waals surface area contributed by atoms with Crippen molar-refractivity contribution in [1.29, 1.82) is 0 Å². The number of fused-ring (bicyclic) bond motifs is 1. The monoisotopic (exact) mass is 390 g/mol. The molecule has 0 bridgehead atoms. The van der Waals surface area contributed by atoms with E-state index >= 15 is 0 Å². The van der Waals surface area contributed by atoms with E-state index in [0.717, 1.165) is 0 Å². The van der Waals surface area contributed by atoms with E-state index in [1.165, 1.54) is 16.9 Å². The summed E-state index contributed by atoms with van der Waals surface area (Å²) in [5.74, 6) is -1.10. The first-order valence-corrected chi connectivity index (χ1v) is 10.3. The van der Waals surface area contributed by atoms with E-state index in [4.69, 9.17) is 0 Å². The third kappa shape index (κ3) is 2.79. The van der Waals surface area contributed by atoms with E-state index < -0.39 is 26.6 Å². The second-order valence-electron chi connectivity index (χ2n) is 7.61. The average Bonchev–Trinajstić information content (AvgIpc) is 2.93. The molecule has 1 aromatic carbocycles. The van der Waals surface area contributed by atoms with Gasteiger partial charge in [-0.2, -0.15) is 0 Å². The molecule has 1 N–H and O–H groups in total. The molecular weight excluding hydrogens is 368 g/mol. The number of aryl methyl sites for hydroxylation is 2. The van der Waals surface area contributed by atoms with Gasteiger partial charge in [0.2, 0.25) is 0 Å². The Kier molecular flexibility index (Phi) is 4.30. The highest BCUT2D eigenvalue weighted by Crippen LogP contribution is 2.40. The quantitative estimate of drug-likeness (QED) is 0.807. The smallest absolute Gasteiger partial charge is 0.277 e. The van der Waals surface area contributed by atoms with Crippen LogP contribution in [0.25, 0.3) is 0 Å². The van der Waals surface area contributed by atoms with Gasteiger partial charge in [-0.05, 0) is 38.0 Å². The van der Waals surface area contributed by atoms with Crippen molar-refractivity contribution >= 4 is 21.4 Å². The fourth-order valence-electron chi connectivity index (χ4n) is 3.70. The molecule has 8 heteroatoms. The number of ketones is 2. The number of aromatic amines is 1. The third-order valence-corrected chi connectivity index (χ3v) is 7.32. The van der Waals surface area contributed by atoms with E-state index in [2.05, 4.69) is 5.10 Å². The van der Waals surface area contributed by atoms with Crippen LogP contribution in [0.2, 0.25) is 0 Å². The molecule has 3 rings (SSSR count). The first-order chi connectivity index (χ1) is 12.4. The van der Waals surface area contributed by atoms with Crippen LogP contribution in [0.4, 0.5) is 0 Å². The number of nitrogens with one attached hydrogen (secondary N) is 1. The Labute approximate surface area is 157 Å². The summed E-state index contributed by atoms with van der Waals surface area (Å²) in [6, 6.07) is 1.46. The number of sulfone groups is 1. The lowest BCUT2D eigenvalue weighted by Crippen LogP contribution is -2.39. The maximum atomic E-state index is 13.0. The van der Waals surface area contributed by atoms with Crippen LogP contribution in [0.5, 0.6) is 0 Å². The molecule has 0 amide bonds. The lowest BCUT2D eigenvalue weighted by molar-refractivity contribution is 0.0851. The van der Waals surface area contributed by atoms with E-state index in [-0.39, 0.29) is 33.1 Å². The zero-order valence-corrected chi connectivity index (χ0v) is 16.8. The van der Waals surface area contributed by atoms with Crippen LogP contribution in [0.1, 0.15) is 58.2 Å². The van der Waals surface area contributed by atoms with Crippen LogP contribution in [0.15, 0.2) is 22.0 Å². The average molecular weight is 390 g/mol. The Morgan fingerprint density at radius 1 is 1.22 bits per heavy atom. The molecule has 1 aliphatic rings. The number of aromatic nitrogens is 2. The summed E-state index contributed by atoms with van der Waals surface area (Å²) in [6.07, 6.45) is 1.34. The van der Waals surface area contributed by atoms with Gasteiger partial charge < -0.3 is 5.10 Å². The van der Waals surface area contributed by atoms with Gasteiger partial charge in [-0.3, -0.25) is 19.1 Å². The normalized spacial score (nSPS) is 17.6. The van der Waals surface area contributed by atoms with Gasteiger partial charge in [0.15, 0.2) is 21.4 Å². The zero-order chi connectivity index (χ0) is 20.3. The number of hydrogen-bond donors (Lipinski definition) is 1. The molecule has 0 atom stereocenters. The fraction of sp³-hybridized carbons (Fsp3) is 0.421. The maximum absolute atomic E-state index is 13.0. The molecule has 7 nitrogen and oxygen atoms in total. The summed E-state index contributed by atoms with van der Waals surface area (Å²) >= 11 is 0. The van der Waals surface area contributed by atoms with Crippen LogP contribution in [0, 0.1) is 19.3 Å². The predicted molar refractivity (Wildman–Crippen MR) is 100 cm³/mol. The summed E-state index contributed by atoms with van der Waals surface area (Å²) in [5, 5.41) is 2.73. The summed E-state index contributed by atoms with van der Waals surface area (Å²) in [5.41, 5.74) is -0.679. The number of rotatable bonds is 3. The van der Waals surface area contributed by atoms with E-state index in [1.54, 1.807) is 34.6 Å². The molecule has 1 aromatic heterocycles. The van der Waals surface area contributed by atoms with Gasteiger partial charge in [-0.1, -0.05) is 13.8 Å². The lowest BCUT2D eigenvalue weighted by Gasteiger charge is -2.32. The number of H-pyrrole nitrogens is 1. The Hall–Kier alpha value is -2.48. The van der Waals surface area contributed by atoms with Crippen LogP contribution >= 0.6 is 0 Å². The highest BCUT2D eigenvalue weighted by Gasteiger charge is 2.45. The Morgan fingerprint density at radius 2 is 1.85 bits per heavy atom. The molecule has 0 unspecified atom stereocenters. The van der Waals surface area contributed by atoms with E-state index in [9.17, 15) is 22.8 Å². The molecule has 1 aliphatic heterocycles. The van der Waals surface area contributed by atoms with Gasteiger partial charge in [-0.15, -0.1) is 0 Å². The maximum Gasteiger partial charge on any atom is 0.277 e. The molecule has 0 radical (unpaired) electrons. The van der Waals surface area contributed by atoms with Crippen molar-refractivity contribution in [2.45, 2.75) is 46.1 Å². The first-order valence-electron chi connectivity index (χ1n) is 8.67. The van der Waals surface area contributed by atoms with Crippen LogP contribution in [-0.2, 0) is 16.4 Å². The van der Waals surface area contributed by atoms with Gasteiger partial charge in [0.25, 0.3) is 5.56 Å². The highest BCUT2D eigenvalue weighted by atomic mass is 32.2. The molecule has 0 saturated heterocycles. The number of hydrogen-bond acceptors (Lipinski definition) is 5. The number of benzene rings is 1. The number of carbonyl (C=O) groups is 2. The largest absolute Gasteiger partial charge is 0.302 e. The minimum absolute atomic E-state index is 0.000845. The molecule has 144 valence electrons. The van der Waals surface area contributed by atoms with Crippen molar-refractivity contribution < 1.29 is 18.0 Å².